The summed E-state index contributed by atoms with van der Waals surface area (Å²) >= 11 is 5.81. The number of halogens is 2. The molecule has 2 aliphatic heterocycles. The van der Waals surface area contributed by atoms with E-state index in [0.29, 0.717) is 17.1 Å². The zero-order chi connectivity index (χ0) is 18.4. The number of amides is 2. The fourth-order valence-corrected chi connectivity index (χ4v) is 3.16. The van der Waals surface area contributed by atoms with Gasteiger partial charge in [-0.3, -0.25) is 9.59 Å². The Balaban J connectivity index is 1.67. The fourth-order valence-electron chi connectivity index (χ4n) is 2.99. The highest BCUT2D eigenvalue weighted by molar-refractivity contribution is 6.31. The van der Waals surface area contributed by atoms with Crippen LogP contribution >= 0.6 is 11.6 Å². The number of imide groups is 1. The van der Waals surface area contributed by atoms with Gasteiger partial charge in [-0.2, -0.15) is 5.11 Å². The Morgan fingerprint density at radius 3 is 2.42 bits per heavy atom. The first-order valence-corrected chi connectivity index (χ1v) is 8.06. The third-order valence-electron chi connectivity index (χ3n) is 4.28. The van der Waals surface area contributed by atoms with Crippen LogP contribution < -0.4 is 14.6 Å². The van der Waals surface area contributed by atoms with Crippen molar-refractivity contribution in [2.75, 3.05) is 17.0 Å². The predicted octanol–water partition coefficient (Wildman–Crippen LogP) is 2.99. The predicted molar refractivity (Wildman–Crippen MR) is 91.8 cm³/mol. The van der Waals surface area contributed by atoms with E-state index in [1.165, 1.54) is 30.3 Å². The van der Waals surface area contributed by atoms with E-state index in [1.807, 2.05) is 0 Å². The van der Waals surface area contributed by atoms with Gasteiger partial charge in [0.1, 0.15) is 11.6 Å². The summed E-state index contributed by atoms with van der Waals surface area (Å²) in [6.45, 7) is 0. The van der Waals surface area contributed by atoms with E-state index in [1.54, 1.807) is 24.3 Å². The molecule has 0 aliphatic carbocycles. The maximum absolute atomic E-state index is 13.4. The number of anilines is 2. The van der Waals surface area contributed by atoms with Gasteiger partial charge in [0.05, 0.1) is 23.5 Å². The number of benzene rings is 2. The van der Waals surface area contributed by atoms with E-state index in [-0.39, 0.29) is 5.02 Å². The van der Waals surface area contributed by atoms with Crippen molar-refractivity contribution in [2.24, 2.45) is 10.3 Å². The second-order valence-corrected chi connectivity index (χ2v) is 6.15. The lowest BCUT2D eigenvalue weighted by Gasteiger charge is -2.20. The summed E-state index contributed by atoms with van der Waals surface area (Å²) < 4.78 is 18.5. The number of rotatable bonds is 3. The van der Waals surface area contributed by atoms with Gasteiger partial charge >= 0.3 is 0 Å². The van der Waals surface area contributed by atoms with Crippen molar-refractivity contribution in [1.29, 1.82) is 0 Å². The molecule has 7 nitrogen and oxygen atoms in total. The molecule has 0 N–H and O–H groups in total. The quantitative estimate of drug-likeness (QED) is 0.774. The molecule has 1 fully saturated rings. The van der Waals surface area contributed by atoms with Crippen LogP contribution in [-0.2, 0) is 9.59 Å². The number of hydrogen-bond acceptors (Lipinski definition) is 6. The topological polar surface area (TPSA) is 74.6 Å². The van der Waals surface area contributed by atoms with Gasteiger partial charge in [-0.05, 0) is 42.5 Å². The molecule has 132 valence electrons. The largest absolute Gasteiger partial charge is 0.497 e. The van der Waals surface area contributed by atoms with Crippen molar-refractivity contribution in [3.05, 3.63) is 53.3 Å². The summed E-state index contributed by atoms with van der Waals surface area (Å²) in [6.07, 6.45) is 0. The molecular weight excluding hydrogens is 363 g/mol. The minimum absolute atomic E-state index is 0.107. The highest BCUT2D eigenvalue weighted by Crippen LogP contribution is 2.36. The van der Waals surface area contributed by atoms with Gasteiger partial charge in [-0.1, -0.05) is 16.8 Å². The Bertz CT molecular complexity index is 934. The Hall–Kier alpha value is -3.00. The molecule has 26 heavy (non-hydrogen) atoms. The van der Waals surface area contributed by atoms with E-state index in [2.05, 4.69) is 10.3 Å². The van der Waals surface area contributed by atoms with Crippen LogP contribution in [-0.4, -0.2) is 31.0 Å². The first-order valence-electron chi connectivity index (χ1n) is 7.68. The van der Waals surface area contributed by atoms with Crippen LogP contribution in [0.25, 0.3) is 0 Å². The summed E-state index contributed by atoms with van der Waals surface area (Å²) in [4.78, 5) is 26.6. The zero-order valence-corrected chi connectivity index (χ0v) is 14.2. The summed E-state index contributed by atoms with van der Waals surface area (Å²) in [5, 5.41) is 9.02. The van der Waals surface area contributed by atoms with Crippen molar-refractivity contribution >= 4 is 34.8 Å². The standard InChI is InChI=1S/C17H12ClFN4O3/c1-26-11-5-2-9(3-6-11)22-16(24)14-15(17(22)25)23(21-20-14)10-4-7-13(19)12(18)8-10/h2-8,14-15H,1H3/t14-,15-/m0/s1. The minimum atomic E-state index is -0.951. The van der Waals surface area contributed by atoms with Crippen LogP contribution in [0.1, 0.15) is 0 Å². The Morgan fingerprint density at radius 2 is 1.77 bits per heavy atom. The first-order chi connectivity index (χ1) is 12.5. The van der Waals surface area contributed by atoms with Gasteiger partial charge in [0.15, 0.2) is 12.1 Å². The summed E-state index contributed by atoms with van der Waals surface area (Å²) in [7, 11) is 1.53. The van der Waals surface area contributed by atoms with Gasteiger partial charge in [-0.15, -0.1) is 0 Å². The highest BCUT2D eigenvalue weighted by Gasteiger charge is 2.55. The van der Waals surface area contributed by atoms with Crippen LogP contribution in [0.15, 0.2) is 52.8 Å². The number of hydrogen-bond donors (Lipinski definition) is 0. The summed E-state index contributed by atoms with van der Waals surface area (Å²) in [6, 6.07) is 8.61. The van der Waals surface area contributed by atoms with Crippen molar-refractivity contribution in [1.82, 2.24) is 0 Å². The second kappa shape index (κ2) is 6.06. The molecule has 2 aromatic rings. The van der Waals surface area contributed by atoms with E-state index < -0.39 is 29.7 Å². The number of carbonyl (C=O) groups excluding carboxylic acids is 2. The fraction of sp³-hybridized carbons (Fsp3) is 0.176. The molecule has 2 aliphatic rings. The van der Waals surface area contributed by atoms with Crippen molar-refractivity contribution in [2.45, 2.75) is 12.1 Å². The zero-order valence-electron chi connectivity index (χ0n) is 13.5. The van der Waals surface area contributed by atoms with E-state index in [9.17, 15) is 14.0 Å². The molecule has 1 saturated heterocycles. The van der Waals surface area contributed by atoms with Crippen LogP contribution in [0.5, 0.6) is 5.75 Å². The monoisotopic (exact) mass is 374 g/mol. The Kier molecular flexibility index (Phi) is 3.84. The highest BCUT2D eigenvalue weighted by atomic mass is 35.5. The molecule has 9 heteroatoms. The van der Waals surface area contributed by atoms with Gasteiger partial charge in [0, 0.05) is 0 Å². The van der Waals surface area contributed by atoms with Crippen molar-refractivity contribution in [3.8, 4) is 5.75 Å². The van der Waals surface area contributed by atoms with E-state index in [0.717, 1.165) is 4.90 Å². The number of nitrogens with zero attached hydrogens (tertiary/aromatic N) is 4. The third-order valence-corrected chi connectivity index (χ3v) is 4.57. The average molecular weight is 375 g/mol. The summed E-state index contributed by atoms with van der Waals surface area (Å²) in [5.74, 6) is -0.910. The molecule has 0 spiro atoms. The molecule has 0 unspecified atom stereocenters. The second-order valence-electron chi connectivity index (χ2n) is 5.75. The van der Waals surface area contributed by atoms with Gasteiger partial charge in [0.25, 0.3) is 11.8 Å². The Morgan fingerprint density at radius 1 is 1.08 bits per heavy atom. The molecule has 0 bridgehead atoms. The molecule has 0 radical (unpaired) electrons. The molecule has 2 aromatic carbocycles. The van der Waals surface area contributed by atoms with Crippen LogP contribution in [0.3, 0.4) is 0 Å². The van der Waals surface area contributed by atoms with Gasteiger partial charge in [-0.25, -0.2) is 14.3 Å². The van der Waals surface area contributed by atoms with Crippen molar-refractivity contribution < 1.29 is 18.7 Å². The number of carbonyl (C=O) groups is 2. The smallest absolute Gasteiger partial charge is 0.263 e. The van der Waals surface area contributed by atoms with Gasteiger partial charge < -0.3 is 4.74 Å². The Labute approximate surface area is 152 Å². The van der Waals surface area contributed by atoms with E-state index >= 15 is 0 Å². The maximum atomic E-state index is 13.4. The lowest BCUT2D eigenvalue weighted by atomic mass is 10.1. The average Bonchev–Trinajstić information content (AvgIpc) is 3.18. The van der Waals surface area contributed by atoms with Crippen LogP contribution in [0.4, 0.5) is 15.8 Å². The first kappa shape index (κ1) is 16.5. The lowest BCUT2D eigenvalue weighted by Crippen LogP contribution is -2.39. The molecule has 2 atom stereocenters. The van der Waals surface area contributed by atoms with Gasteiger partial charge in [0.2, 0.25) is 0 Å². The number of ether oxygens (including phenoxy) is 1. The number of fused-ring (bicyclic) bond motifs is 1. The minimum Gasteiger partial charge on any atom is -0.497 e. The third kappa shape index (κ3) is 2.41. The molecule has 2 amide bonds. The number of methoxy groups -OCH3 is 1. The molecular formula is C17H12ClFN4O3. The lowest BCUT2D eigenvalue weighted by molar-refractivity contribution is -0.121. The van der Waals surface area contributed by atoms with Crippen LogP contribution in [0, 0.1) is 5.82 Å². The molecule has 4 rings (SSSR count). The normalized spacial score (nSPS) is 21.5. The molecule has 0 saturated carbocycles. The van der Waals surface area contributed by atoms with Crippen LogP contribution in [0.2, 0.25) is 5.02 Å². The molecule has 2 heterocycles. The van der Waals surface area contributed by atoms with Crippen molar-refractivity contribution in [3.63, 3.8) is 0 Å². The summed E-state index contributed by atoms with van der Waals surface area (Å²) in [5.41, 5.74) is 0.799. The van der Waals surface area contributed by atoms with E-state index in [4.69, 9.17) is 16.3 Å². The molecule has 0 aromatic heterocycles. The SMILES string of the molecule is COc1ccc(N2C(=O)[C@H]3N=NN(c4ccc(F)c(Cl)c4)[C@@H]3C2=O)cc1. The maximum Gasteiger partial charge on any atom is 0.263 e.